The van der Waals surface area contributed by atoms with Crippen LogP contribution < -0.4 is 10.0 Å². The van der Waals surface area contributed by atoms with Gasteiger partial charge in [-0.25, -0.2) is 16.8 Å². The van der Waals surface area contributed by atoms with E-state index >= 15 is 0 Å². The lowest BCUT2D eigenvalue weighted by Crippen LogP contribution is -2.44. The fraction of sp³-hybridized carbons (Fsp3) is 0.389. The summed E-state index contributed by atoms with van der Waals surface area (Å²) in [6, 6.07) is 8.35. The Labute approximate surface area is 180 Å². The molecule has 3 rings (SSSR count). The Morgan fingerprint density at radius 1 is 1.13 bits per heavy atom. The van der Waals surface area contributed by atoms with Crippen LogP contribution in [0.4, 0.5) is 0 Å². The van der Waals surface area contributed by atoms with Crippen molar-refractivity contribution in [1.29, 1.82) is 0 Å². The van der Waals surface area contributed by atoms with Gasteiger partial charge in [-0.05, 0) is 36.1 Å². The third kappa shape index (κ3) is 5.45. The summed E-state index contributed by atoms with van der Waals surface area (Å²) in [6.45, 7) is 2.98. The highest BCUT2D eigenvalue weighted by atomic mass is 32.2. The Morgan fingerprint density at radius 2 is 1.80 bits per heavy atom. The Morgan fingerprint density at radius 3 is 2.40 bits per heavy atom. The Hall–Kier alpha value is -1.83. The number of hydrogen-bond acceptors (Lipinski definition) is 7. The van der Waals surface area contributed by atoms with Crippen LogP contribution in [0.2, 0.25) is 0 Å². The van der Waals surface area contributed by atoms with Gasteiger partial charge < -0.3 is 10.1 Å². The van der Waals surface area contributed by atoms with E-state index in [0.29, 0.717) is 31.9 Å². The number of morpholine rings is 1. The monoisotopic (exact) mass is 473 g/mol. The number of carbonyl (C=O) groups is 1. The molecule has 1 aliphatic rings. The molecule has 0 aliphatic carbocycles. The number of benzene rings is 1. The van der Waals surface area contributed by atoms with Crippen LogP contribution in [0.1, 0.15) is 12.5 Å². The molecule has 12 heteroatoms. The first kappa shape index (κ1) is 22.8. The van der Waals surface area contributed by atoms with Crippen LogP contribution in [-0.4, -0.2) is 59.4 Å². The molecule has 2 aromatic rings. The van der Waals surface area contributed by atoms with E-state index in [0.717, 1.165) is 11.3 Å². The second kappa shape index (κ2) is 9.54. The quantitative estimate of drug-likeness (QED) is 0.584. The molecule has 2 N–H and O–H groups in total. The number of rotatable bonds is 8. The lowest BCUT2D eigenvalue weighted by atomic mass is 10.2. The summed E-state index contributed by atoms with van der Waals surface area (Å²) in [5, 5.41) is 4.29. The molecule has 164 valence electrons. The van der Waals surface area contributed by atoms with Crippen molar-refractivity contribution in [3.8, 4) is 0 Å². The van der Waals surface area contributed by atoms with Crippen molar-refractivity contribution in [2.75, 3.05) is 26.3 Å². The normalized spacial score (nSPS) is 16.8. The van der Waals surface area contributed by atoms with Gasteiger partial charge in [-0.2, -0.15) is 9.03 Å². The van der Waals surface area contributed by atoms with Crippen LogP contribution in [0.15, 0.2) is 50.9 Å². The van der Waals surface area contributed by atoms with E-state index in [1.165, 1.54) is 29.4 Å². The van der Waals surface area contributed by atoms with E-state index in [2.05, 4.69) is 10.0 Å². The number of amides is 1. The number of sulfonamides is 2. The smallest absolute Gasteiger partial charge is 0.250 e. The molecule has 0 spiro atoms. The van der Waals surface area contributed by atoms with Gasteiger partial charge in [0, 0.05) is 19.6 Å². The summed E-state index contributed by atoms with van der Waals surface area (Å²) >= 11 is 1.07. The minimum absolute atomic E-state index is 0.138. The van der Waals surface area contributed by atoms with Crippen molar-refractivity contribution in [3.63, 3.8) is 0 Å². The van der Waals surface area contributed by atoms with Crippen LogP contribution in [0.5, 0.6) is 0 Å². The van der Waals surface area contributed by atoms with E-state index in [1.807, 2.05) is 0 Å². The van der Waals surface area contributed by atoms with Crippen LogP contribution in [0.25, 0.3) is 0 Å². The molecule has 1 amide bonds. The van der Waals surface area contributed by atoms with Crippen molar-refractivity contribution in [2.45, 2.75) is 28.6 Å². The van der Waals surface area contributed by atoms with Crippen molar-refractivity contribution < 1.29 is 26.4 Å². The fourth-order valence-corrected chi connectivity index (χ4v) is 6.44. The predicted molar refractivity (Wildman–Crippen MR) is 112 cm³/mol. The van der Waals surface area contributed by atoms with Crippen LogP contribution in [-0.2, 0) is 36.1 Å². The number of nitrogens with one attached hydrogen (secondary N) is 2. The molecule has 1 aliphatic heterocycles. The maximum atomic E-state index is 12.6. The zero-order valence-corrected chi connectivity index (χ0v) is 18.7. The van der Waals surface area contributed by atoms with Crippen molar-refractivity contribution in [1.82, 2.24) is 14.3 Å². The highest BCUT2D eigenvalue weighted by Crippen LogP contribution is 2.18. The van der Waals surface area contributed by atoms with Gasteiger partial charge in [0.05, 0.1) is 24.2 Å². The molecule has 1 aromatic carbocycles. The van der Waals surface area contributed by atoms with Gasteiger partial charge in [0.25, 0.3) is 10.0 Å². The first-order valence-corrected chi connectivity index (χ1v) is 13.0. The number of nitrogens with zero attached hydrogens (tertiary/aromatic N) is 1. The molecule has 1 fully saturated rings. The first-order valence-electron chi connectivity index (χ1n) is 9.20. The molecule has 2 heterocycles. The zero-order valence-electron chi connectivity index (χ0n) is 16.3. The van der Waals surface area contributed by atoms with Crippen LogP contribution in [0.3, 0.4) is 0 Å². The van der Waals surface area contributed by atoms with E-state index in [1.54, 1.807) is 23.6 Å². The highest BCUT2D eigenvalue weighted by Gasteiger charge is 2.26. The average molecular weight is 474 g/mol. The molecule has 0 saturated carbocycles. The minimum Gasteiger partial charge on any atom is -0.379 e. The Balaban J connectivity index is 1.56. The van der Waals surface area contributed by atoms with Crippen molar-refractivity contribution in [2.24, 2.45) is 0 Å². The van der Waals surface area contributed by atoms with E-state index in [9.17, 15) is 21.6 Å². The second-order valence-electron chi connectivity index (χ2n) is 6.65. The van der Waals surface area contributed by atoms with E-state index < -0.39 is 32.0 Å². The molecule has 1 aromatic heterocycles. The molecule has 0 bridgehead atoms. The standard InChI is InChI=1S/C18H23N3O6S3/c1-14(20-29(23,24)17-3-2-12-28-17)18(22)19-13-15-4-6-16(7-5-15)30(25,26)21-8-10-27-11-9-21/h2-7,12,14,20H,8-11,13H2,1H3,(H,19,22). The highest BCUT2D eigenvalue weighted by molar-refractivity contribution is 7.91. The van der Waals surface area contributed by atoms with E-state index in [-0.39, 0.29) is 15.6 Å². The fourth-order valence-electron chi connectivity index (χ4n) is 2.82. The van der Waals surface area contributed by atoms with Gasteiger partial charge in [-0.1, -0.05) is 18.2 Å². The topological polar surface area (TPSA) is 122 Å². The van der Waals surface area contributed by atoms with Crippen molar-refractivity contribution >= 4 is 37.3 Å². The van der Waals surface area contributed by atoms with E-state index in [4.69, 9.17) is 4.74 Å². The van der Waals surface area contributed by atoms with Crippen LogP contribution in [0, 0.1) is 0 Å². The summed E-state index contributed by atoms with van der Waals surface area (Å²) in [4.78, 5) is 12.4. The lowest BCUT2D eigenvalue weighted by Gasteiger charge is -2.26. The molecule has 9 nitrogen and oxygen atoms in total. The van der Waals surface area contributed by atoms with Crippen molar-refractivity contribution in [3.05, 3.63) is 47.3 Å². The molecular weight excluding hydrogens is 450 g/mol. The summed E-state index contributed by atoms with van der Waals surface area (Å²) in [5.74, 6) is -0.486. The Kier molecular flexibility index (Phi) is 7.26. The van der Waals surface area contributed by atoms with Gasteiger partial charge in [0.15, 0.2) is 0 Å². The Bertz CT molecular complexity index is 1060. The lowest BCUT2D eigenvalue weighted by molar-refractivity contribution is -0.122. The maximum Gasteiger partial charge on any atom is 0.250 e. The summed E-state index contributed by atoms with van der Waals surface area (Å²) in [5.41, 5.74) is 0.692. The predicted octanol–water partition coefficient (Wildman–Crippen LogP) is 0.752. The van der Waals surface area contributed by atoms with Gasteiger partial charge >= 0.3 is 0 Å². The molecule has 30 heavy (non-hydrogen) atoms. The van der Waals surface area contributed by atoms with Gasteiger partial charge in [0.1, 0.15) is 4.21 Å². The van der Waals surface area contributed by atoms with Gasteiger partial charge in [-0.3, -0.25) is 4.79 Å². The molecule has 1 unspecified atom stereocenters. The number of ether oxygens (including phenoxy) is 1. The average Bonchev–Trinajstić information content (AvgIpc) is 3.28. The summed E-state index contributed by atoms with van der Waals surface area (Å²) < 4.78 is 58.7. The van der Waals surface area contributed by atoms with Gasteiger partial charge in [-0.15, -0.1) is 11.3 Å². The van der Waals surface area contributed by atoms with Crippen LogP contribution >= 0.6 is 11.3 Å². The number of hydrogen-bond donors (Lipinski definition) is 2. The number of carbonyl (C=O) groups excluding carboxylic acids is 1. The second-order valence-corrected chi connectivity index (χ2v) is 11.5. The first-order chi connectivity index (χ1) is 14.2. The third-order valence-corrected chi connectivity index (χ3v) is 9.33. The third-order valence-electron chi connectivity index (χ3n) is 4.48. The zero-order chi connectivity index (χ0) is 21.8. The maximum absolute atomic E-state index is 12.6. The summed E-state index contributed by atoms with van der Waals surface area (Å²) in [6.07, 6.45) is 0. The largest absolute Gasteiger partial charge is 0.379 e. The molecule has 0 radical (unpaired) electrons. The minimum atomic E-state index is -3.75. The summed E-state index contributed by atoms with van der Waals surface area (Å²) in [7, 11) is -7.32. The molecule has 1 saturated heterocycles. The van der Waals surface area contributed by atoms with Gasteiger partial charge in [0.2, 0.25) is 15.9 Å². The molecular formula is C18H23N3O6S3. The SMILES string of the molecule is CC(NS(=O)(=O)c1cccs1)C(=O)NCc1ccc(S(=O)(=O)N2CCOCC2)cc1. The molecule has 1 atom stereocenters. The number of thiophene rings is 1.